The maximum absolute atomic E-state index is 12.3. The highest BCUT2D eigenvalue weighted by molar-refractivity contribution is 5.85. The molecule has 0 unspecified atom stereocenters. The summed E-state index contributed by atoms with van der Waals surface area (Å²) >= 11 is 0. The van der Waals surface area contributed by atoms with Crippen molar-refractivity contribution in [3.63, 3.8) is 0 Å². The molecule has 0 spiro atoms. The van der Waals surface area contributed by atoms with Gasteiger partial charge in [-0.1, -0.05) is 18.2 Å². The van der Waals surface area contributed by atoms with Gasteiger partial charge in [0.2, 0.25) is 5.91 Å². The Labute approximate surface area is 131 Å². The molecule has 1 saturated heterocycles. The molecule has 1 fully saturated rings. The average Bonchev–Trinajstić information content (AvgIpc) is 2.88. The van der Waals surface area contributed by atoms with Gasteiger partial charge in [-0.25, -0.2) is 0 Å². The Hall–Kier alpha value is -1.52. The van der Waals surface area contributed by atoms with Gasteiger partial charge in [0.05, 0.1) is 0 Å². The minimum atomic E-state index is 0. The normalized spacial score (nSPS) is 18.5. The summed E-state index contributed by atoms with van der Waals surface area (Å²) in [4.78, 5) is 17.5. The van der Waals surface area contributed by atoms with E-state index in [1.807, 2.05) is 23.2 Å². The van der Waals surface area contributed by atoms with Gasteiger partial charge in [0.15, 0.2) is 0 Å². The summed E-state index contributed by atoms with van der Waals surface area (Å²) < 4.78 is 0. The lowest BCUT2D eigenvalue weighted by Crippen LogP contribution is -2.51. The van der Waals surface area contributed by atoms with E-state index in [4.69, 9.17) is 0 Å². The van der Waals surface area contributed by atoms with E-state index in [9.17, 15) is 4.79 Å². The number of aromatic nitrogens is 1. The second kappa shape index (κ2) is 6.96. The Morgan fingerprint density at radius 1 is 1.38 bits per heavy atom. The van der Waals surface area contributed by atoms with Gasteiger partial charge in [-0.3, -0.25) is 4.79 Å². The van der Waals surface area contributed by atoms with Crippen molar-refractivity contribution in [3.05, 3.63) is 36.0 Å². The summed E-state index contributed by atoms with van der Waals surface area (Å²) in [5, 5.41) is 4.59. The fourth-order valence-corrected chi connectivity index (χ4v) is 2.90. The zero-order chi connectivity index (χ0) is 13.9. The molecule has 114 valence electrons. The van der Waals surface area contributed by atoms with Crippen LogP contribution in [0.2, 0.25) is 0 Å². The number of rotatable bonds is 3. The number of carbonyl (C=O) groups excluding carboxylic acids is 1. The SMILES string of the molecule is C[C@@H]1CN(C(=O)CCc2c[nH]c3ccccc23)CCN1.Cl. The summed E-state index contributed by atoms with van der Waals surface area (Å²) in [7, 11) is 0. The average molecular weight is 308 g/mol. The van der Waals surface area contributed by atoms with Crippen LogP contribution in [-0.2, 0) is 11.2 Å². The van der Waals surface area contributed by atoms with E-state index in [1.165, 1.54) is 10.9 Å². The standard InChI is InChI=1S/C16H21N3O.ClH/c1-12-11-19(9-8-17-12)16(20)7-6-13-10-18-15-5-3-2-4-14(13)15;/h2-5,10,12,17-18H,6-9,11H2,1H3;1H/t12-;/m1./s1. The first-order valence-electron chi connectivity index (χ1n) is 7.30. The van der Waals surface area contributed by atoms with Gasteiger partial charge in [-0.05, 0) is 25.0 Å². The predicted octanol–water partition coefficient (Wildman–Crippen LogP) is 2.34. The van der Waals surface area contributed by atoms with Crippen LogP contribution in [0.3, 0.4) is 0 Å². The zero-order valence-corrected chi connectivity index (χ0v) is 13.1. The number of H-pyrrole nitrogens is 1. The van der Waals surface area contributed by atoms with E-state index in [1.54, 1.807) is 0 Å². The molecule has 4 nitrogen and oxygen atoms in total. The molecule has 0 saturated carbocycles. The lowest BCUT2D eigenvalue weighted by Gasteiger charge is -2.32. The Morgan fingerprint density at radius 2 is 2.19 bits per heavy atom. The maximum Gasteiger partial charge on any atom is 0.222 e. The first-order chi connectivity index (χ1) is 9.74. The summed E-state index contributed by atoms with van der Waals surface area (Å²) in [5.41, 5.74) is 2.38. The highest BCUT2D eigenvalue weighted by Crippen LogP contribution is 2.19. The van der Waals surface area contributed by atoms with Gasteiger partial charge in [0, 0.05) is 49.2 Å². The Kier molecular flexibility index (Phi) is 5.26. The van der Waals surface area contributed by atoms with Crippen LogP contribution in [0.4, 0.5) is 0 Å². The molecule has 2 aromatic rings. The Balaban J connectivity index is 0.00000161. The van der Waals surface area contributed by atoms with Crippen molar-refractivity contribution in [3.8, 4) is 0 Å². The second-order valence-corrected chi connectivity index (χ2v) is 5.55. The number of nitrogens with one attached hydrogen (secondary N) is 2. The van der Waals surface area contributed by atoms with Crippen molar-refractivity contribution in [1.82, 2.24) is 15.2 Å². The number of carbonyl (C=O) groups is 1. The van der Waals surface area contributed by atoms with E-state index in [2.05, 4.69) is 29.4 Å². The molecule has 1 aromatic carbocycles. The topological polar surface area (TPSA) is 48.1 Å². The van der Waals surface area contributed by atoms with Crippen LogP contribution < -0.4 is 5.32 Å². The molecule has 3 rings (SSSR count). The minimum absolute atomic E-state index is 0. The van der Waals surface area contributed by atoms with Crippen LogP contribution in [-0.4, -0.2) is 41.5 Å². The molecule has 1 aromatic heterocycles. The number of hydrogen-bond acceptors (Lipinski definition) is 2. The summed E-state index contributed by atoms with van der Waals surface area (Å²) in [6.07, 6.45) is 3.42. The van der Waals surface area contributed by atoms with Gasteiger partial charge >= 0.3 is 0 Å². The van der Waals surface area contributed by atoms with Gasteiger partial charge in [-0.15, -0.1) is 12.4 Å². The molecule has 5 heteroatoms. The smallest absolute Gasteiger partial charge is 0.222 e. The molecule has 2 N–H and O–H groups in total. The quantitative estimate of drug-likeness (QED) is 0.914. The fraction of sp³-hybridized carbons (Fsp3) is 0.438. The molecule has 2 heterocycles. The zero-order valence-electron chi connectivity index (χ0n) is 12.3. The van der Waals surface area contributed by atoms with Crippen molar-refractivity contribution in [2.75, 3.05) is 19.6 Å². The number of hydrogen-bond donors (Lipinski definition) is 2. The van der Waals surface area contributed by atoms with Crippen LogP contribution in [0.5, 0.6) is 0 Å². The molecule has 1 aliphatic heterocycles. The largest absolute Gasteiger partial charge is 0.361 e. The third-order valence-electron chi connectivity index (χ3n) is 4.00. The van der Waals surface area contributed by atoms with Crippen LogP contribution in [0, 0.1) is 0 Å². The molecule has 0 aliphatic carbocycles. The van der Waals surface area contributed by atoms with E-state index >= 15 is 0 Å². The molecule has 1 aliphatic rings. The molecule has 1 amide bonds. The molecule has 21 heavy (non-hydrogen) atoms. The number of amides is 1. The summed E-state index contributed by atoms with van der Waals surface area (Å²) in [6.45, 7) is 4.68. The lowest BCUT2D eigenvalue weighted by molar-refractivity contribution is -0.132. The molecular weight excluding hydrogens is 286 g/mol. The van der Waals surface area contributed by atoms with Crippen molar-refractivity contribution >= 4 is 29.2 Å². The first kappa shape index (κ1) is 15.9. The predicted molar refractivity (Wildman–Crippen MR) is 87.9 cm³/mol. The number of aromatic amines is 1. The van der Waals surface area contributed by atoms with Gasteiger partial charge in [0.25, 0.3) is 0 Å². The maximum atomic E-state index is 12.3. The third kappa shape index (κ3) is 3.57. The highest BCUT2D eigenvalue weighted by Gasteiger charge is 2.20. The van der Waals surface area contributed by atoms with Crippen molar-refractivity contribution in [1.29, 1.82) is 0 Å². The van der Waals surface area contributed by atoms with Crippen molar-refractivity contribution < 1.29 is 4.79 Å². The van der Waals surface area contributed by atoms with E-state index in [0.717, 1.165) is 31.6 Å². The number of benzene rings is 1. The molecule has 0 radical (unpaired) electrons. The van der Waals surface area contributed by atoms with Gasteiger partial charge < -0.3 is 15.2 Å². The number of piperazine rings is 1. The monoisotopic (exact) mass is 307 g/mol. The number of fused-ring (bicyclic) bond motifs is 1. The van der Waals surface area contributed by atoms with Gasteiger partial charge in [-0.2, -0.15) is 0 Å². The number of halogens is 1. The van der Waals surface area contributed by atoms with Crippen LogP contribution >= 0.6 is 12.4 Å². The van der Waals surface area contributed by atoms with E-state index < -0.39 is 0 Å². The minimum Gasteiger partial charge on any atom is -0.361 e. The van der Waals surface area contributed by atoms with E-state index in [0.29, 0.717) is 12.5 Å². The number of para-hydroxylation sites is 1. The first-order valence-corrected chi connectivity index (χ1v) is 7.30. The molecule has 1 atom stereocenters. The van der Waals surface area contributed by atoms with Crippen LogP contribution in [0.15, 0.2) is 30.5 Å². The summed E-state index contributed by atoms with van der Waals surface area (Å²) in [6, 6.07) is 8.65. The highest BCUT2D eigenvalue weighted by atomic mass is 35.5. The Morgan fingerprint density at radius 3 is 3.00 bits per heavy atom. The van der Waals surface area contributed by atoms with Crippen molar-refractivity contribution in [2.24, 2.45) is 0 Å². The Bertz CT molecular complexity index is 610. The van der Waals surface area contributed by atoms with Crippen LogP contribution in [0.25, 0.3) is 10.9 Å². The second-order valence-electron chi connectivity index (χ2n) is 5.55. The van der Waals surface area contributed by atoms with Gasteiger partial charge in [0.1, 0.15) is 0 Å². The third-order valence-corrected chi connectivity index (χ3v) is 4.00. The van der Waals surface area contributed by atoms with Crippen LogP contribution in [0.1, 0.15) is 18.9 Å². The summed E-state index contributed by atoms with van der Waals surface area (Å²) in [5.74, 6) is 0.267. The van der Waals surface area contributed by atoms with E-state index in [-0.39, 0.29) is 18.3 Å². The number of aryl methyl sites for hydroxylation is 1. The fourth-order valence-electron chi connectivity index (χ4n) is 2.90. The lowest BCUT2D eigenvalue weighted by atomic mass is 10.1. The molecular formula is C16H22ClN3O. The molecule has 0 bridgehead atoms. The number of nitrogens with zero attached hydrogens (tertiary/aromatic N) is 1. The van der Waals surface area contributed by atoms with Crippen molar-refractivity contribution in [2.45, 2.75) is 25.8 Å².